The minimum Gasteiger partial charge on any atom is -0.351 e. The molecule has 0 aliphatic heterocycles. The molecule has 0 saturated carbocycles. The molecule has 6 nitrogen and oxygen atoms in total. The van der Waals surface area contributed by atoms with Gasteiger partial charge in [-0.05, 0) is 57.4 Å². The van der Waals surface area contributed by atoms with Gasteiger partial charge >= 0.3 is 5.69 Å². The number of carbonyl (C=O) groups excluding carboxylic acids is 1. The van der Waals surface area contributed by atoms with Crippen LogP contribution in [0.3, 0.4) is 0 Å². The van der Waals surface area contributed by atoms with Crippen LogP contribution in [0.1, 0.15) is 16.9 Å². The summed E-state index contributed by atoms with van der Waals surface area (Å²) >= 11 is 0. The molecule has 1 aromatic heterocycles. The molecule has 0 atom stereocenters. The summed E-state index contributed by atoms with van der Waals surface area (Å²) in [6, 6.07) is 7.06. The summed E-state index contributed by atoms with van der Waals surface area (Å²) in [5, 5.41) is 2.75. The first-order valence-corrected chi connectivity index (χ1v) is 7.26. The molecule has 0 saturated heterocycles. The molecule has 1 aromatic carbocycles. The highest BCUT2D eigenvalue weighted by Gasteiger charge is 2.10. The Morgan fingerprint density at radius 2 is 2.00 bits per heavy atom. The van der Waals surface area contributed by atoms with Gasteiger partial charge in [0.25, 0.3) is 5.91 Å². The van der Waals surface area contributed by atoms with E-state index < -0.39 is 5.69 Å². The fraction of sp³-hybridized carbons (Fsp3) is 0.312. The lowest BCUT2D eigenvalue weighted by atomic mass is 10.1. The molecule has 0 radical (unpaired) electrons. The summed E-state index contributed by atoms with van der Waals surface area (Å²) in [4.78, 5) is 32.0. The quantitative estimate of drug-likeness (QED) is 0.786. The van der Waals surface area contributed by atoms with Crippen molar-refractivity contribution in [3.8, 4) is 11.3 Å². The first kappa shape index (κ1) is 16.8. The second kappa shape index (κ2) is 7.64. The number of halogens is 1. The van der Waals surface area contributed by atoms with Gasteiger partial charge in [0.1, 0.15) is 11.5 Å². The Bertz CT molecular complexity index is 726. The van der Waals surface area contributed by atoms with Crippen LogP contribution in [-0.4, -0.2) is 48.0 Å². The largest absolute Gasteiger partial charge is 0.351 e. The molecular weight excluding hydrogens is 299 g/mol. The van der Waals surface area contributed by atoms with Crippen molar-refractivity contribution in [2.24, 2.45) is 0 Å². The number of rotatable bonds is 6. The van der Waals surface area contributed by atoms with E-state index >= 15 is 0 Å². The van der Waals surface area contributed by atoms with E-state index in [2.05, 4.69) is 15.3 Å². The Kier molecular flexibility index (Phi) is 5.59. The second-order valence-electron chi connectivity index (χ2n) is 5.40. The van der Waals surface area contributed by atoms with Crippen molar-refractivity contribution in [3.63, 3.8) is 0 Å². The van der Waals surface area contributed by atoms with Crippen LogP contribution in [0.2, 0.25) is 0 Å². The highest BCUT2D eigenvalue weighted by Crippen LogP contribution is 2.16. The lowest BCUT2D eigenvalue weighted by Gasteiger charge is -2.10. The lowest BCUT2D eigenvalue weighted by Crippen LogP contribution is -2.29. The summed E-state index contributed by atoms with van der Waals surface area (Å²) in [7, 11) is 3.91. The first-order chi connectivity index (χ1) is 11.0. The number of nitrogens with one attached hydrogen (secondary N) is 2. The molecule has 0 aliphatic rings. The van der Waals surface area contributed by atoms with Crippen LogP contribution in [0.4, 0.5) is 4.39 Å². The average Bonchev–Trinajstić information content (AvgIpc) is 2.51. The van der Waals surface area contributed by atoms with E-state index in [9.17, 15) is 14.0 Å². The van der Waals surface area contributed by atoms with Gasteiger partial charge in [-0.3, -0.25) is 4.79 Å². The Morgan fingerprint density at radius 1 is 1.30 bits per heavy atom. The summed E-state index contributed by atoms with van der Waals surface area (Å²) in [6.07, 6.45) is 0.804. The molecule has 7 heteroatoms. The van der Waals surface area contributed by atoms with Crippen LogP contribution in [0.5, 0.6) is 0 Å². The third-order valence-electron chi connectivity index (χ3n) is 3.20. The number of nitrogens with zero attached hydrogens (tertiary/aromatic N) is 2. The van der Waals surface area contributed by atoms with E-state index in [0.29, 0.717) is 17.8 Å². The first-order valence-electron chi connectivity index (χ1n) is 7.26. The van der Waals surface area contributed by atoms with Crippen molar-refractivity contribution in [2.45, 2.75) is 6.42 Å². The van der Waals surface area contributed by atoms with E-state index in [1.54, 1.807) is 0 Å². The Morgan fingerprint density at radius 3 is 2.65 bits per heavy atom. The van der Waals surface area contributed by atoms with E-state index in [0.717, 1.165) is 13.0 Å². The molecular formula is C16H19FN4O2. The fourth-order valence-electron chi connectivity index (χ4n) is 2.04. The summed E-state index contributed by atoms with van der Waals surface area (Å²) in [6.45, 7) is 1.36. The number of benzene rings is 1. The predicted octanol–water partition coefficient (Wildman–Crippen LogP) is 1.26. The van der Waals surface area contributed by atoms with Crippen molar-refractivity contribution >= 4 is 5.91 Å². The van der Waals surface area contributed by atoms with Gasteiger partial charge in [0.05, 0.1) is 5.69 Å². The van der Waals surface area contributed by atoms with Gasteiger partial charge in [0.2, 0.25) is 0 Å². The van der Waals surface area contributed by atoms with Gasteiger partial charge in [-0.2, -0.15) is 4.98 Å². The van der Waals surface area contributed by atoms with Gasteiger partial charge < -0.3 is 15.2 Å². The number of aromatic amines is 1. The zero-order chi connectivity index (χ0) is 16.8. The van der Waals surface area contributed by atoms with Gasteiger partial charge in [-0.15, -0.1) is 0 Å². The zero-order valence-corrected chi connectivity index (χ0v) is 13.1. The Hall–Kier alpha value is -2.54. The minimum absolute atomic E-state index is 0.133. The van der Waals surface area contributed by atoms with E-state index in [1.165, 1.54) is 30.3 Å². The standard InChI is InChI=1S/C16H19FN4O2/c1-21(2)9-3-8-18-15(22)14-10-13(19-16(23)20-14)11-4-6-12(17)7-5-11/h4-7,10H,3,8-9H2,1-2H3,(H,18,22)(H,19,20,23). The number of carbonyl (C=O) groups is 1. The van der Waals surface area contributed by atoms with Crippen molar-refractivity contribution in [1.82, 2.24) is 20.2 Å². The molecule has 0 bridgehead atoms. The van der Waals surface area contributed by atoms with Crippen LogP contribution in [0.25, 0.3) is 11.3 Å². The molecule has 0 fully saturated rings. The number of hydrogen-bond acceptors (Lipinski definition) is 4. The third-order valence-corrected chi connectivity index (χ3v) is 3.20. The van der Waals surface area contributed by atoms with Crippen LogP contribution in [-0.2, 0) is 0 Å². The van der Waals surface area contributed by atoms with Crippen LogP contribution in [0.15, 0.2) is 35.1 Å². The summed E-state index contributed by atoms with van der Waals surface area (Å²) < 4.78 is 13.0. The molecule has 2 aromatic rings. The Labute approximate surface area is 133 Å². The highest BCUT2D eigenvalue weighted by molar-refractivity contribution is 5.93. The highest BCUT2D eigenvalue weighted by atomic mass is 19.1. The van der Waals surface area contributed by atoms with Crippen molar-refractivity contribution in [3.05, 3.63) is 52.3 Å². The van der Waals surface area contributed by atoms with Crippen molar-refractivity contribution in [1.29, 1.82) is 0 Å². The number of amides is 1. The van der Waals surface area contributed by atoms with Gasteiger partial charge in [-0.1, -0.05) is 0 Å². The molecule has 122 valence electrons. The van der Waals surface area contributed by atoms with Gasteiger partial charge in [0.15, 0.2) is 0 Å². The zero-order valence-electron chi connectivity index (χ0n) is 13.1. The maximum Gasteiger partial charge on any atom is 0.346 e. The number of aromatic nitrogens is 2. The maximum atomic E-state index is 13.0. The molecule has 23 heavy (non-hydrogen) atoms. The molecule has 2 N–H and O–H groups in total. The molecule has 1 heterocycles. The van der Waals surface area contributed by atoms with Gasteiger partial charge in [0, 0.05) is 12.1 Å². The number of hydrogen-bond donors (Lipinski definition) is 2. The van der Waals surface area contributed by atoms with E-state index in [4.69, 9.17) is 0 Å². The van der Waals surface area contributed by atoms with Crippen LogP contribution >= 0.6 is 0 Å². The van der Waals surface area contributed by atoms with Crippen LogP contribution in [0, 0.1) is 5.82 Å². The molecule has 2 rings (SSSR count). The van der Waals surface area contributed by atoms with Crippen molar-refractivity contribution in [2.75, 3.05) is 27.2 Å². The molecule has 0 unspecified atom stereocenters. The Balaban J connectivity index is 2.12. The van der Waals surface area contributed by atoms with Crippen molar-refractivity contribution < 1.29 is 9.18 Å². The second-order valence-corrected chi connectivity index (χ2v) is 5.40. The fourth-order valence-corrected chi connectivity index (χ4v) is 2.04. The summed E-state index contributed by atoms with van der Waals surface area (Å²) in [5.74, 6) is -0.746. The monoisotopic (exact) mass is 318 g/mol. The predicted molar refractivity (Wildman–Crippen MR) is 85.8 cm³/mol. The SMILES string of the molecule is CN(C)CCCNC(=O)c1cc(-c2ccc(F)cc2)nc(=O)[nH]1. The smallest absolute Gasteiger partial charge is 0.346 e. The summed E-state index contributed by atoms with van der Waals surface area (Å²) in [5.41, 5.74) is 0.408. The topological polar surface area (TPSA) is 78.1 Å². The normalized spacial score (nSPS) is 10.8. The van der Waals surface area contributed by atoms with Gasteiger partial charge in [-0.25, -0.2) is 9.18 Å². The van der Waals surface area contributed by atoms with E-state index in [1.807, 2.05) is 19.0 Å². The van der Waals surface area contributed by atoms with E-state index in [-0.39, 0.29) is 17.4 Å². The third kappa shape index (κ3) is 5.00. The average molecular weight is 318 g/mol. The molecule has 0 aliphatic carbocycles. The molecule has 1 amide bonds. The number of H-pyrrole nitrogens is 1. The lowest BCUT2D eigenvalue weighted by molar-refractivity contribution is 0.0947. The van der Waals surface area contributed by atoms with Crippen LogP contribution < -0.4 is 11.0 Å². The maximum absolute atomic E-state index is 13.0. The molecule has 0 spiro atoms. The minimum atomic E-state index is -0.620.